The Bertz CT molecular complexity index is 392. The molecule has 0 aliphatic carbocycles. The van der Waals surface area contributed by atoms with E-state index in [9.17, 15) is 4.79 Å². The molecule has 0 radical (unpaired) electrons. The summed E-state index contributed by atoms with van der Waals surface area (Å²) in [7, 11) is 0. The molecule has 0 spiro atoms. The maximum atomic E-state index is 10.6. The Labute approximate surface area is 94.5 Å². The molecule has 0 bridgehead atoms. The lowest BCUT2D eigenvalue weighted by Crippen LogP contribution is -2.19. The summed E-state index contributed by atoms with van der Waals surface area (Å²) in [6.45, 7) is 3.13. The van der Waals surface area contributed by atoms with E-state index in [4.69, 9.17) is 10.4 Å². The SMILES string of the molecule is CC(C#N)CNCc1ccc(C(=O)O)cc1. The Morgan fingerprint density at radius 1 is 1.50 bits per heavy atom. The van der Waals surface area contributed by atoms with Gasteiger partial charge < -0.3 is 10.4 Å². The fourth-order valence-electron chi connectivity index (χ4n) is 1.24. The second-order valence-electron chi connectivity index (χ2n) is 3.66. The lowest BCUT2D eigenvalue weighted by Gasteiger charge is -2.06. The van der Waals surface area contributed by atoms with E-state index in [1.807, 2.05) is 6.92 Å². The molecule has 0 amide bonds. The minimum Gasteiger partial charge on any atom is -0.478 e. The van der Waals surface area contributed by atoms with Crippen LogP contribution in [0.15, 0.2) is 24.3 Å². The molecular weight excluding hydrogens is 204 g/mol. The zero-order valence-electron chi connectivity index (χ0n) is 9.10. The summed E-state index contributed by atoms with van der Waals surface area (Å²) < 4.78 is 0. The van der Waals surface area contributed by atoms with Crippen molar-refractivity contribution in [2.45, 2.75) is 13.5 Å². The third-order valence-electron chi connectivity index (χ3n) is 2.20. The molecule has 1 rings (SSSR count). The average molecular weight is 218 g/mol. The maximum absolute atomic E-state index is 10.6. The van der Waals surface area contributed by atoms with Gasteiger partial charge in [-0.05, 0) is 24.6 Å². The molecule has 4 nitrogen and oxygen atoms in total. The van der Waals surface area contributed by atoms with Crippen LogP contribution in [0.2, 0.25) is 0 Å². The smallest absolute Gasteiger partial charge is 0.335 e. The topological polar surface area (TPSA) is 73.1 Å². The summed E-state index contributed by atoms with van der Waals surface area (Å²) in [5, 5.41) is 20.4. The molecule has 1 aromatic carbocycles. The quantitative estimate of drug-likeness (QED) is 0.787. The predicted octanol–water partition coefficient (Wildman–Crippen LogP) is 1.63. The van der Waals surface area contributed by atoms with Gasteiger partial charge in [-0.3, -0.25) is 0 Å². The number of aromatic carboxylic acids is 1. The first-order chi connectivity index (χ1) is 7.63. The minimum atomic E-state index is -0.919. The van der Waals surface area contributed by atoms with Crippen molar-refractivity contribution in [3.05, 3.63) is 35.4 Å². The van der Waals surface area contributed by atoms with Crippen molar-refractivity contribution >= 4 is 5.97 Å². The Morgan fingerprint density at radius 3 is 2.62 bits per heavy atom. The van der Waals surface area contributed by atoms with Crippen LogP contribution in [-0.2, 0) is 6.54 Å². The second kappa shape index (κ2) is 5.89. The molecule has 1 unspecified atom stereocenters. The van der Waals surface area contributed by atoms with Gasteiger partial charge in [0.05, 0.1) is 17.6 Å². The van der Waals surface area contributed by atoms with Gasteiger partial charge in [0.1, 0.15) is 0 Å². The van der Waals surface area contributed by atoms with Crippen molar-refractivity contribution in [1.82, 2.24) is 5.32 Å². The molecule has 1 atom stereocenters. The summed E-state index contributed by atoms with van der Waals surface area (Å²) in [6, 6.07) is 8.83. The van der Waals surface area contributed by atoms with Crippen molar-refractivity contribution in [2.24, 2.45) is 5.92 Å². The molecule has 1 aromatic rings. The van der Waals surface area contributed by atoms with Crippen LogP contribution in [0, 0.1) is 17.2 Å². The monoisotopic (exact) mass is 218 g/mol. The van der Waals surface area contributed by atoms with Crippen LogP contribution < -0.4 is 5.32 Å². The summed E-state index contributed by atoms with van der Waals surface area (Å²) in [6.07, 6.45) is 0. The van der Waals surface area contributed by atoms with Gasteiger partial charge in [0.25, 0.3) is 0 Å². The number of carboxylic acid groups (broad SMARTS) is 1. The highest BCUT2D eigenvalue weighted by Gasteiger charge is 2.02. The zero-order chi connectivity index (χ0) is 12.0. The fraction of sp³-hybridized carbons (Fsp3) is 0.333. The molecule has 0 aliphatic rings. The summed E-state index contributed by atoms with van der Waals surface area (Å²) in [5.74, 6) is -0.934. The number of benzene rings is 1. The van der Waals surface area contributed by atoms with Gasteiger partial charge in [-0.2, -0.15) is 5.26 Å². The lowest BCUT2D eigenvalue weighted by molar-refractivity contribution is 0.0697. The molecule has 16 heavy (non-hydrogen) atoms. The zero-order valence-corrected chi connectivity index (χ0v) is 9.10. The second-order valence-corrected chi connectivity index (χ2v) is 3.66. The van der Waals surface area contributed by atoms with Crippen LogP contribution in [0.1, 0.15) is 22.8 Å². The van der Waals surface area contributed by atoms with E-state index in [1.54, 1.807) is 24.3 Å². The van der Waals surface area contributed by atoms with Gasteiger partial charge in [0, 0.05) is 13.1 Å². The number of hydrogen-bond acceptors (Lipinski definition) is 3. The Hall–Kier alpha value is -1.86. The summed E-state index contributed by atoms with van der Waals surface area (Å²) in [5.41, 5.74) is 1.30. The van der Waals surface area contributed by atoms with Gasteiger partial charge in [-0.25, -0.2) is 4.79 Å². The normalized spacial score (nSPS) is 11.8. The van der Waals surface area contributed by atoms with E-state index in [2.05, 4.69) is 11.4 Å². The van der Waals surface area contributed by atoms with Crippen molar-refractivity contribution in [2.75, 3.05) is 6.54 Å². The number of nitriles is 1. The van der Waals surface area contributed by atoms with Gasteiger partial charge in [0.15, 0.2) is 0 Å². The molecule has 2 N–H and O–H groups in total. The molecule has 0 saturated carbocycles. The van der Waals surface area contributed by atoms with Crippen LogP contribution in [0.4, 0.5) is 0 Å². The highest BCUT2D eigenvalue weighted by atomic mass is 16.4. The molecule has 4 heteroatoms. The summed E-state index contributed by atoms with van der Waals surface area (Å²) in [4.78, 5) is 10.6. The van der Waals surface area contributed by atoms with E-state index >= 15 is 0 Å². The van der Waals surface area contributed by atoms with E-state index in [0.29, 0.717) is 13.1 Å². The predicted molar refractivity (Wildman–Crippen MR) is 59.9 cm³/mol. The number of carboxylic acids is 1. The van der Waals surface area contributed by atoms with Crippen LogP contribution in [0.3, 0.4) is 0 Å². The third-order valence-corrected chi connectivity index (χ3v) is 2.20. The molecule has 0 heterocycles. The van der Waals surface area contributed by atoms with Crippen molar-refractivity contribution in [3.8, 4) is 6.07 Å². The first kappa shape index (κ1) is 12.2. The number of rotatable bonds is 5. The van der Waals surface area contributed by atoms with Crippen molar-refractivity contribution in [1.29, 1.82) is 5.26 Å². The minimum absolute atomic E-state index is 0.0155. The van der Waals surface area contributed by atoms with Crippen LogP contribution in [-0.4, -0.2) is 17.6 Å². The molecule has 0 aliphatic heterocycles. The van der Waals surface area contributed by atoms with E-state index in [1.165, 1.54) is 0 Å². The Balaban J connectivity index is 2.44. The first-order valence-corrected chi connectivity index (χ1v) is 5.06. The van der Waals surface area contributed by atoms with Crippen LogP contribution >= 0.6 is 0 Å². The van der Waals surface area contributed by atoms with Gasteiger partial charge in [-0.1, -0.05) is 12.1 Å². The highest BCUT2D eigenvalue weighted by molar-refractivity contribution is 5.87. The number of carbonyl (C=O) groups is 1. The van der Waals surface area contributed by atoms with Gasteiger partial charge in [-0.15, -0.1) is 0 Å². The highest BCUT2D eigenvalue weighted by Crippen LogP contribution is 2.04. The number of hydrogen-bond donors (Lipinski definition) is 2. The largest absolute Gasteiger partial charge is 0.478 e. The standard InChI is InChI=1S/C12H14N2O2/c1-9(6-13)7-14-8-10-2-4-11(5-3-10)12(15)16/h2-5,9,14H,7-8H2,1H3,(H,15,16). The third kappa shape index (κ3) is 3.71. The first-order valence-electron chi connectivity index (χ1n) is 5.06. The van der Waals surface area contributed by atoms with Gasteiger partial charge >= 0.3 is 5.97 Å². The summed E-state index contributed by atoms with van der Waals surface area (Å²) >= 11 is 0. The molecule has 84 valence electrons. The van der Waals surface area contributed by atoms with Crippen molar-refractivity contribution < 1.29 is 9.90 Å². The van der Waals surface area contributed by atoms with Crippen LogP contribution in [0.25, 0.3) is 0 Å². The Kier molecular flexibility index (Phi) is 4.49. The van der Waals surface area contributed by atoms with Crippen molar-refractivity contribution in [3.63, 3.8) is 0 Å². The Morgan fingerprint density at radius 2 is 2.12 bits per heavy atom. The van der Waals surface area contributed by atoms with E-state index in [0.717, 1.165) is 5.56 Å². The number of nitrogens with one attached hydrogen (secondary N) is 1. The fourth-order valence-corrected chi connectivity index (χ4v) is 1.24. The average Bonchev–Trinajstić information content (AvgIpc) is 2.29. The maximum Gasteiger partial charge on any atom is 0.335 e. The van der Waals surface area contributed by atoms with E-state index < -0.39 is 5.97 Å². The number of nitrogens with zero attached hydrogens (tertiary/aromatic N) is 1. The van der Waals surface area contributed by atoms with E-state index in [-0.39, 0.29) is 11.5 Å². The molecule has 0 fully saturated rings. The molecule has 0 saturated heterocycles. The molecular formula is C12H14N2O2. The van der Waals surface area contributed by atoms with Crippen LogP contribution in [0.5, 0.6) is 0 Å². The lowest BCUT2D eigenvalue weighted by atomic mass is 10.1. The van der Waals surface area contributed by atoms with Gasteiger partial charge in [0.2, 0.25) is 0 Å². The molecule has 0 aromatic heterocycles.